The zero-order valence-electron chi connectivity index (χ0n) is 12.4. The van der Waals surface area contributed by atoms with Gasteiger partial charge in [-0.2, -0.15) is 0 Å². The predicted octanol–water partition coefficient (Wildman–Crippen LogP) is 2.68. The second kappa shape index (κ2) is 4.87. The summed E-state index contributed by atoms with van der Waals surface area (Å²) in [6.07, 6.45) is 8.24. The number of furan rings is 1. The molecule has 3 N–H and O–H groups in total. The van der Waals surface area contributed by atoms with Crippen molar-refractivity contribution in [2.24, 2.45) is 28.9 Å². The number of nitrogens with one attached hydrogen (secondary N) is 1. The van der Waals surface area contributed by atoms with Crippen LogP contribution in [0.3, 0.4) is 0 Å². The van der Waals surface area contributed by atoms with Crippen LogP contribution in [0.4, 0.5) is 0 Å². The molecule has 0 unspecified atom stereocenters. The Hall–Kier alpha value is -1.29. The maximum absolute atomic E-state index is 12.2. The lowest BCUT2D eigenvalue weighted by Crippen LogP contribution is -2.51. The van der Waals surface area contributed by atoms with Crippen molar-refractivity contribution in [1.82, 2.24) is 5.32 Å². The van der Waals surface area contributed by atoms with E-state index >= 15 is 0 Å². The summed E-state index contributed by atoms with van der Waals surface area (Å²) in [6.45, 7) is 1.15. The predicted molar refractivity (Wildman–Crippen MR) is 79.5 cm³/mol. The first kappa shape index (κ1) is 13.4. The van der Waals surface area contributed by atoms with Gasteiger partial charge in [0.25, 0.3) is 5.91 Å². The summed E-state index contributed by atoms with van der Waals surface area (Å²) in [5, 5.41) is 3.12. The maximum atomic E-state index is 12.2. The van der Waals surface area contributed by atoms with E-state index in [4.69, 9.17) is 10.2 Å². The average molecular weight is 288 g/mol. The quantitative estimate of drug-likeness (QED) is 0.895. The zero-order chi connectivity index (χ0) is 14.4. The Labute approximate surface area is 125 Å². The molecule has 4 heteroatoms. The second-order valence-electron chi connectivity index (χ2n) is 7.57. The van der Waals surface area contributed by atoms with Crippen molar-refractivity contribution >= 4 is 5.91 Å². The van der Waals surface area contributed by atoms with Crippen molar-refractivity contribution < 1.29 is 9.21 Å². The van der Waals surface area contributed by atoms with Gasteiger partial charge in [0.05, 0.1) is 6.54 Å². The van der Waals surface area contributed by atoms with E-state index in [1.165, 1.54) is 38.5 Å². The molecule has 1 aromatic rings. The molecule has 4 aliphatic carbocycles. The number of hydrogen-bond donors (Lipinski definition) is 2. The summed E-state index contributed by atoms with van der Waals surface area (Å²) in [4.78, 5) is 12.2. The maximum Gasteiger partial charge on any atom is 0.287 e. The number of carbonyl (C=O) groups excluding carboxylic acids is 1. The SMILES string of the molecule is NCc1ccc(C(=O)NCC23CC4CC(CC(C4)C2)C3)o1. The molecular formula is C17H24N2O2. The standard InChI is InChI=1S/C17H24N2O2/c18-9-14-1-2-15(21-14)16(20)19-10-17-6-11-3-12(7-17)5-13(4-11)8-17/h1-2,11-13H,3-10,18H2,(H,19,20). The van der Waals surface area contributed by atoms with E-state index in [1.54, 1.807) is 12.1 Å². The van der Waals surface area contributed by atoms with Crippen LogP contribution in [0.2, 0.25) is 0 Å². The molecule has 0 aliphatic heterocycles. The van der Waals surface area contributed by atoms with Crippen molar-refractivity contribution in [2.45, 2.75) is 45.1 Å². The lowest BCUT2D eigenvalue weighted by molar-refractivity contribution is -0.0504. The molecule has 114 valence electrons. The molecule has 1 heterocycles. The van der Waals surface area contributed by atoms with Crippen LogP contribution in [0.15, 0.2) is 16.5 Å². The van der Waals surface area contributed by atoms with Crippen LogP contribution < -0.4 is 11.1 Å². The minimum Gasteiger partial charge on any atom is -0.455 e. The van der Waals surface area contributed by atoms with Crippen molar-refractivity contribution in [3.8, 4) is 0 Å². The molecule has 0 atom stereocenters. The van der Waals surface area contributed by atoms with Crippen LogP contribution in [0.25, 0.3) is 0 Å². The lowest BCUT2D eigenvalue weighted by Gasteiger charge is -2.56. The van der Waals surface area contributed by atoms with E-state index in [1.807, 2.05) is 0 Å². The van der Waals surface area contributed by atoms with Gasteiger partial charge in [-0.1, -0.05) is 0 Å². The molecule has 0 aromatic carbocycles. The minimum atomic E-state index is -0.0922. The van der Waals surface area contributed by atoms with Gasteiger partial charge < -0.3 is 15.5 Å². The molecule has 4 bridgehead atoms. The Kier molecular flexibility index (Phi) is 3.10. The van der Waals surface area contributed by atoms with Gasteiger partial charge in [-0.15, -0.1) is 0 Å². The van der Waals surface area contributed by atoms with Gasteiger partial charge in [-0.3, -0.25) is 4.79 Å². The van der Waals surface area contributed by atoms with Crippen LogP contribution in [0.1, 0.15) is 54.8 Å². The van der Waals surface area contributed by atoms with Crippen molar-refractivity contribution in [2.75, 3.05) is 6.54 Å². The summed E-state index contributed by atoms with van der Waals surface area (Å²) < 4.78 is 5.43. The molecule has 1 amide bonds. The molecule has 4 nitrogen and oxygen atoms in total. The van der Waals surface area contributed by atoms with Gasteiger partial charge in [-0.05, 0) is 73.8 Å². The topological polar surface area (TPSA) is 68.3 Å². The summed E-state index contributed by atoms with van der Waals surface area (Å²) >= 11 is 0. The third-order valence-corrected chi connectivity index (χ3v) is 5.88. The van der Waals surface area contributed by atoms with Gasteiger partial charge in [-0.25, -0.2) is 0 Å². The third-order valence-electron chi connectivity index (χ3n) is 5.88. The number of carbonyl (C=O) groups is 1. The summed E-state index contributed by atoms with van der Waals surface area (Å²) in [5.41, 5.74) is 5.88. The van der Waals surface area contributed by atoms with E-state index in [0.29, 0.717) is 23.5 Å². The van der Waals surface area contributed by atoms with E-state index in [2.05, 4.69) is 5.32 Å². The highest BCUT2D eigenvalue weighted by atomic mass is 16.4. The first-order valence-electron chi connectivity index (χ1n) is 8.23. The monoisotopic (exact) mass is 288 g/mol. The Balaban J connectivity index is 1.41. The Bertz CT molecular complexity index is 513. The van der Waals surface area contributed by atoms with Gasteiger partial charge in [0.2, 0.25) is 0 Å². The van der Waals surface area contributed by atoms with Gasteiger partial charge in [0, 0.05) is 6.54 Å². The van der Waals surface area contributed by atoms with E-state index < -0.39 is 0 Å². The first-order valence-corrected chi connectivity index (χ1v) is 8.23. The van der Waals surface area contributed by atoms with Crippen LogP contribution in [0, 0.1) is 23.2 Å². The molecule has 0 saturated heterocycles. The third kappa shape index (κ3) is 2.39. The first-order chi connectivity index (χ1) is 10.2. The Morgan fingerprint density at radius 1 is 1.19 bits per heavy atom. The van der Waals surface area contributed by atoms with Crippen LogP contribution in [0.5, 0.6) is 0 Å². The highest BCUT2D eigenvalue weighted by Gasteiger charge is 2.50. The molecule has 4 aliphatic rings. The van der Waals surface area contributed by atoms with E-state index in [0.717, 1.165) is 24.3 Å². The smallest absolute Gasteiger partial charge is 0.287 e. The van der Waals surface area contributed by atoms with E-state index in [9.17, 15) is 4.79 Å². The van der Waals surface area contributed by atoms with Crippen LogP contribution >= 0.6 is 0 Å². The highest BCUT2D eigenvalue weighted by molar-refractivity contribution is 5.91. The van der Waals surface area contributed by atoms with Crippen molar-refractivity contribution in [3.05, 3.63) is 23.7 Å². The normalized spacial score (nSPS) is 36.9. The summed E-state index contributed by atoms with van der Waals surface area (Å²) in [5.74, 6) is 3.71. The van der Waals surface area contributed by atoms with Gasteiger partial charge in [0.1, 0.15) is 5.76 Å². The average Bonchev–Trinajstić information content (AvgIpc) is 2.92. The number of amides is 1. The fourth-order valence-electron chi connectivity index (χ4n) is 5.47. The number of hydrogen-bond acceptors (Lipinski definition) is 3. The molecule has 0 spiro atoms. The zero-order valence-corrected chi connectivity index (χ0v) is 12.4. The van der Waals surface area contributed by atoms with Crippen molar-refractivity contribution in [3.63, 3.8) is 0 Å². The largest absolute Gasteiger partial charge is 0.455 e. The van der Waals surface area contributed by atoms with Gasteiger partial charge in [0.15, 0.2) is 5.76 Å². The molecule has 21 heavy (non-hydrogen) atoms. The number of rotatable bonds is 4. The molecular weight excluding hydrogens is 264 g/mol. The Morgan fingerprint density at radius 2 is 1.81 bits per heavy atom. The lowest BCUT2D eigenvalue weighted by atomic mass is 9.49. The molecule has 4 saturated carbocycles. The van der Waals surface area contributed by atoms with Gasteiger partial charge >= 0.3 is 0 Å². The fourth-order valence-corrected chi connectivity index (χ4v) is 5.47. The van der Waals surface area contributed by atoms with E-state index in [-0.39, 0.29) is 5.91 Å². The minimum absolute atomic E-state index is 0.0922. The summed E-state index contributed by atoms with van der Waals surface area (Å²) in [6, 6.07) is 3.50. The highest BCUT2D eigenvalue weighted by Crippen LogP contribution is 2.59. The van der Waals surface area contributed by atoms with Crippen molar-refractivity contribution in [1.29, 1.82) is 0 Å². The number of nitrogens with two attached hydrogens (primary N) is 1. The molecule has 0 radical (unpaired) electrons. The fraction of sp³-hybridized carbons (Fsp3) is 0.706. The summed E-state index contributed by atoms with van der Waals surface area (Å²) in [7, 11) is 0. The second-order valence-corrected chi connectivity index (χ2v) is 7.57. The molecule has 4 fully saturated rings. The molecule has 1 aromatic heterocycles. The van der Waals surface area contributed by atoms with Crippen LogP contribution in [-0.4, -0.2) is 12.5 Å². The Morgan fingerprint density at radius 3 is 2.33 bits per heavy atom. The van der Waals surface area contributed by atoms with Crippen LogP contribution in [-0.2, 0) is 6.54 Å². The molecule has 5 rings (SSSR count).